The van der Waals surface area contributed by atoms with Crippen molar-refractivity contribution in [3.05, 3.63) is 126 Å². The fraction of sp³-hybridized carbons (Fsp3) is 0.542. The molecule has 0 aromatic heterocycles. The quantitative estimate of drug-likeness (QED) is 0.0110. The minimum atomic E-state index is -1.77. The van der Waals surface area contributed by atoms with Crippen molar-refractivity contribution in [2.24, 2.45) is 11.8 Å². The van der Waals surface area contributed by atoms with Crippen molar-refractivity contribution in [2.75, 3.05) is 36.3 Å². The number of aromatic hydroxyl groups is 2. The van der Waals surface area contributed by atoms with Crippen LogP contribution in [0.15, 0.2) is 119 Å². The number of rotatable bonds is 27. The van der Waals surface area contributed by atoms with Gasteiger partial charge >= 0.3 is 17.9 Å². The van der Waals surface area contributed by atoms with Crippen molar-refractivity contribution in [3.8, 4) is 17.2 Å². The molecule has 1 saturated carbocycles. The Morgan fingerprint density at radius 1 is 0.723 bits per heavy atom. The van der Waals surface area contributed by atoms with Crippen LogP contribution in [0.3, 0.4) is 0 Å². The summed E-state index contributed by atoms with van der Waals surface area (Å²) in [7, 11) is 1.36. The zero-order valence-electron chi connectivity index (χ0n) is 56.0. The van der Waals surface area contributed by atoms with E-state index in [9.17, 15) is 29.7 Å². The smallest absolute Gasteiger partial charge is 0.321 e. The molecular weight excluding hydrogens is 1640 g/mol. The van der Waals surface area contributed by atoms with E-state index < -0.39 is 177 Å². The summed E-state index contributed by atoms with van der Waals surface area (Å²) < 4.78 is 91.5. The molecule has 101 heavy (non-hydrogen) atoms. The number of ether oxygens (including phenoxy) is 14. The van der Waals surface area contributed by atoms with Gasteiger partial charge in [-0.3, -0.25) is 24.0 Å². The van der Waals surface area contributed by atoms with E-state index in [1.54, 1.807) is 33.8 Å². The molecule has 4 aliphatic heterocycles. The second-order valence-corrected chi connectivity index (χ2v) is 31.8. The zero-order chi connectivity index (χ0) is 72.0. The van der Waals surface area contributed by atoms with E-state index in [1.807, 2.05) is 114 Å². The molecule has 22 nitrogen and oxygen atoms in total. The Balaban J connectivity index is 1.03. The van der Waals surface area contributed by atoms with E-state index in [0.29, 0.717) is 28.0 Å². The van der Waals surface area contributed by atoms with E-state index in [2.05, 4.69) is 31.9 Å². The molecule has 0 amide bonds. The van der Waals surface area contributed by atoms with Gasteiger partial charge in [0.2, 0.25) is 0 Å². The molecule has 2 aliphatic carbocycles. The highest BCUT2D eigenvalue weighted by atomic mass is 127. The van der Waals surface area contributed by atoms with Crippen LogP contribution in [-0.4, -0.2) is 199 Å². The summed E-state index contributed by atoms with van der Waals surface area (Å²) in [6.45, 7) is 8.16. The summed E-state index contributed by atoms with van der Waals surface area (Å²) in [5.74, 6) is -8.12. The van der Waals surface area contributed by atoms with Crippen LogP contribution in [0.1, 0.15) is 81.8 Å². The molecule has 0 bridgehead atoms. The number of ketones is 2. The highest BCUT2D eigenvalue weighted by Gasteiger charge is 2.61. The summed E-state index contributed by atoms with van der Waals surface area (Å²) in [4.78, 5) is 73.8. The van der Waals surface area contributed by atoms with Crippen molar-refractivity contribution in [2.45, 2.75) is 201 Å². The van der Waals surface area contributed by atoms with E-state index in [4.69, 9.17) is 89.5 Å². The third-order valence-electron chi connectivity index (χ3n) is 18.7. The van der Waals surface area contributed by atoms with Gasteiger partial charge in [0, 0.05) is 52.4 Å². The summed E-state index contributed by atoms with van der Waals surface area (Å²) in [5.41, 5.74) is -0.779. The first-order valence-corrected chi connectivity index (χ1v) is 39.6. The second kappa shape index (κ2) is 34.7. The number of phenolic OH excluding ortho intramolecular Hbond substituents is 2. The molecule has 548 valence electrons. The van der Waals surface area contributed by atoms with Crippen LogP contribution in [0.4, 0.5) is 0 Å². The number of halogens is 5. The number of fused-ring (bicyclic) bond motifs is 2. The van der Waals surface area contributed by atoms with Gasteiger partial charge in [0.05, 0.1) is 50.1 Å². The maximum Gasteiger partial charge on any atom is 0.321 e. The molecule has 20 atom stereocenters. The maximum atomic E-state index is 16.3. The van der Waals surface area contributed by atoms with Crippen LogP contribution < -0.4 is 4.74 Å². The van der Waals surface area contributed by atoms with E-state index in [-0.39, 0.29) is 58.5 Å². The Morgan fingerprint density at radius 2 is 1.28 bits per heavy atom. The topological polar surface area (TPSA) is 275 Å². The number of phenols is 2. The minimum Gasteiger partial charge on any atom is -0.508 e. The van der Waals surface area contributed by atoms with Crippen LogP contribution in [-0.2, 0) is 93.8 Å². The monoisotopic (exact) mass is 1720 g/mol. The number of thioether (sulfide) groups is 2. The average Bonchev–Trinajstić information content (AvgIpc) is 1.09. The predicted molar refractivity (Wildman–Crippen MR) is 388 cm³/mol. The molecule has 3 N–H and O–H groups in total. The number of carbonyl (C=O) groups is 5. The van der Waals surface area contributed by atoms with Crippen molar-refractivity contribution in [3.63, 3.8) is 0 Å². The van der Waals surface area contributed by atoms with E-state index >= 15 is 9.59 Å². The first-order chi connectivity index (χ1) is 48.5. The molecule has 29 heteroatoms. The molecule has 6 aliphatic rings. The molecular formula is C72H81Br2Cl2IO22S2. The third-order valence-corrected chi connectivity index (χ3v) is 24.9. The van der Waals surface area contributed by atoms with Gasteiger partial charge in [-0.25, -0.2) is 0 Å². The number of Topliss-reactive ketones (excluding diaryl/α,β-unsaturated/α-hetero) is 2. The van der Waals surface area contributed by atoms with Crippen molar-refractivity contribution >= 4 is 141 Å². The van der Waals surface area contributed by atoms with Crippen LogP contribution >= 0.6 is 101 Å². The van der Waals surface area contributed by atoms with Gasteiger partial charge < -0.3 is 81.6 Å². The fourth-order valence-electron chi connectivity index (χ4n) is 13.9. The first kappa shape index (κ1) is 78.1. The minimum absolute atomic E-state index is 0.00152. The number of methoxy groups -OCH3 is 1. The number of esters is 3. The van der Waals surface area contributed by atoms with Gasteiger partial charge in [0.1, 0.15) is 77.3 Å². The molecule has 0 radical (unpaired) electrons. The van der Waals surface area contributed by atoms with Gasteiger partial charge in [-0.15, -0.1) is 46.7 Å². The lowest BCUT2D eigenvalue weighted by atomic mass is 9.75. The average molecular weight is 1720 g/mol. The Kier molecular flexibility index (Phi) is 26.9. The predicted octanol–water partition coefficient (Wildman–Crippen LogP) is 11.7. The molecule has 4 heterocycles. The van der Waals surface area contributed by atoms with Crippen LogP contribution in [0.2, 0.25) is 0 Å². The van der Waals surface area contributed by atoms with Crippen molar-refractivity contribution in [1.29, 1.82) is 0 Å². The Hall–Kier alpha value is -3.96. The highest BCUT2D eigenvalue weighted by Crippen LogP contribution is 2.51. The van der Waals surface area contributed by atoms with Gasteiger partial charge in [-0.1, -0.05) is 135 Å². The summed E-state index contributed by atoms with van der Waals surface area (Å²) >= 11 is 24.2. The normalized spacial score (nSPS) is 31.9. The lowest BCUT2D eigenvalue weighted by Gasteiger charge is -2.52. The zero-order valence-corrected chi connectivity index (χ0v) is 64.5. The van der Waals surface area contributed by atoms with Gasteiger partial charge in [-0.2, -0.15) is 0 Å². The van der Waals surface area contributed by atoms with Crippen LogP contribution in [0.25, 0.3) is 10.8 Å². The summed E-state index contributed by atoms with van der Waals surface area (Å²) in [5, 5.41) is 34.4. The number of hydrogen-bond donors (Lipinski definition) is 3. The number of hydrogen-bond acceptors (Lipinski definition) is 24. The third kappa shape index (κ3) is 17.5. The van der Waals surface area contributed by atoms with Crippen LogP contribution in [0, 0.1) is 11.8 Å². The molecule has 11 rings (SSSR count). The van der Waals surface area contributed by atoms with Gasteiger partial charge in [-0.05, 0) is 92.9 Å². The first-order valence-electron chi connectivity index (χ1n) is 33.3. The fourth-order valence-corrected chi connectivity index (χ4v) is 18.2. The number of benzene rings is 5. The van der Waals surface area contributed by atoms with Crippen LogP contribution in [0.5, 0.6) is 17.2 Å². The number of carbonyl (C=O) groups excluding carboxylic acids is 5. The van der Waals surface area contributed by atoms with E-state index in [1.165, 1.54) is 49.7 Å². The second-order valence-electron chi connectivity index (χ2n) is 26.1. The summed E-state index contributed by atoms with van der Waals surface area (Å²) in [6, 6.07) is 32.1. The molecule has 0 unspecified atom stereocenters. The highest BCUT2D eigenvalue weighted by molar-refractivity contribution is 14.1. The summed E-state index contributed by atoms with van der Waals surface area (Å²) in [6.07, 6.45) is -16.4. The van der Waals surface area contributed by atoms with Crippen molar-refractivity contribution in [1.82, 2.24) is 0 Å². The lowest BCUT2D eigenvalue weighted by Crippen LogP contribution is -2.68. The number of alkyl halides is 5. The Labute approximate surface area is 634 Å². The number of aliphatic hydroxyl groups is 1. The largest absolute Gasteiger partial charge is 0.508 e. The SMILES string of the molecule is CO[C@H](C(=O)[C@H]1OC2(CCCC2)O[C@@H]1C)[C@@H]1Cc2cc3cc(O)cc(OCOCc4ccccc4)c3c(O)c2C(=O)[C@H]1O[C@@H]1O[C@H](CBr)[C@@H](OC(=O)CCl)[C@H](O[C@@H]2O[C@H](CBr)[C@@H](OC(=O)CCl)[C@H](O[C@@H]3O[C@@H](C)[C@H](OC(=O)C(C)C)[C@@](C)(O)[C@H]3I)[C@H]2Sc2ccccc2)[C@H]1Sc1ccccc1. The molecule has 4 saturated heterocycles. The standard InChI is InChI=1S/C72H81Br2Cl2IO22S2/c1-36(2)67(84)97-66-38(4)89-70(65(77)71(66,5)85)96-62-60(93-50(80)33-76)48(31-74)91-69(64(62)101-44-22-14-9-15-23-44)95-61-59(92-49(79)32-75)47(30-73)90-68(63(61)100-43-20-12-8-13-21-43)94-58-45(57(86-6)55(83)56-37(3)98-72(99-56)24-16-17-25-72)28-41-26-40-27-42(78)29-46(51(40)53(81)52(41)54(58)82)88-35-87-34-39-18-10-7-11-19-39/h7-15,18-23,26-27,29,36-38,45,47-48,56-66,68-70,78,81,85H,16-17,24-25,28,30-35H2,1-6H3/t37-,38+,45+,47-,48-,56+,57+,58+,59-,60-,61+,62+,63-,64-,65+,66+,68+,69+,70+,71+/m1/s1. The Morgan fingerprint density at radius 3 is 1.82 bits per heavy atom. The molecule has 1 spiro atoms. The van der Waals surface area contributed by atoms with Gasteiger partial charge in [0.25, 0.3) is 0 Å². The van der Waals surface area contributed by atoms with Gasteiger partial charge in [0.15, 0.2) is 61.3 Å². The molecule has 5 aromatic carbocycles. The lowest BCUT2D eigenvalue weighted by molar-refractivity contribution is -0.328. The molecule has 5 aromatic rings. The Bertz CT molecular complexity index is 3680. The maximum absolute atomic E-state index is 16.3. The van der Waals surface area contributed by atoms with E-state index in [0.717, 1.165) is 18.4 Å². The molecule has 5 fully saturated rings. The van der Waals surface area contributed by atoms with Crippen molar-refractivity contribution < 1.29 is 106 Å².